The minimum atomic E-state index is -3.53. The van der Waals surface area contributed by atoms with E-state index < -0.39 is 16.1 Å². The summed E-state index contributed by atoms with van der Waals surface area (Å²) >= 11 is 0. The summed E-state index contributed by atoms with van der Waals surface area (Å²) in [4.78, 5) is 27.9. The number of likely N-dealkylation sites (tertiary alicyclic amines) is 1. The lowest BCUT2D eigenvalue weighted by Gasteiger charge is -2.33. The highest BCUT2D eigenvalue weighted by atomic mass is 32.2. The van der Waals surface area contributed by atoms with Gasteiger partial charge >= 0.3 is 0 Å². The molecule has 2 aromatic carbocycles. The van der Waals surface area contributed by atoms with Crippen molar-refractivity contribution in [3.63, 3.8) is 0 Å². The summed E-state index contributed by atoms with van der Waals surface area (Å²) in [5.74, 6) is -0.316. The molecule has 8 heteroatoms. The van der Waals surface area contributed by atoms with E-state index in [1.807, 2.05) is 30.3 Å². The molecule has 29 heavy (non-hydrogen) atoms. The molecule has 0 radical (unpaired) electrons. The fraction of sp³-hybridized carbons (Fsp3) is 0.333. The van der Waals surface area contributed by atoms with Gasteiger partial charge in [0.2, 0.25) is 15.9 Å². The number of piperazine rings is 1. The molecule has 7 nitrogen and oxygen atoms in total. The number of amides is 2. The van der Waals surface area contributed by atoms with Gasteiger partial charge in [-0.05, 0) is 17.7 Å². The summed E-state index contributed by atoms with van der Waals surface area (Å²) in [7, 11) is -3.53. The number of carbonyl (C=O) groups is 2. The van der Waals surface area contributed by atoms with Gasteiger partial charge in [0.15, 0.2) is 6.04 Å². The lowest BCUT2D eigenvalue weighted by molar-refractivity contribution is -0.918. The Morgan fingerprint density at radius 2 is 1.48 bits per heavy atom. The topological polar surface area (TPSA) is 79.2 Å². The van der Waals surface area contributed by atoms with E-state index in [4.69, 9.17) is 0 Å². The number of nitrogens with one attached hydrogen (secondary N) is 1. The predicted molar refractivity (Wildman–Crippen MR) is 106 cm³/mol. The highest BCUT2D eigenvalue weighted by Gasteiger charge is 2.46. The lowest BCUT2D eigenvalue weighted by atomic mass is 10.2. The van der Waals surface area contributed by atoms with Gasteiger partial charge in [-0.25, -0.2) is 8.42 Å². The van der Waals surface area contributed by atoms with Gasteiger partial charge in [0.1, 0.15) is 0 Å². The van der Waals surface area contributed by atoms with Crippen LogP contribution in [0.4, 0.5) is 0 Å². The molecule has 2 aliphatic heterocycles. The number of nitrogens with zero attached hydrogens (tertiary/aromatic N) is 2. The first-order chi connectivity index (χ1) is 14.0. The third-order valence-electron chi connectivity index (χ3n) is 5.67. The van der Waals surface area contributed by atoms with Crippen molar-refractivity contribution < 1.29 is 22.9 Å². The summed E-state index contributed by atoms with van der Waals surface area (Å²) in [6.45, 7) is 1.98. The molecule has 0 bridgehead atoms. The van der Waals surface area contributed by atoms with Gasteiger partial charge in [0, 0.05) is 0 Å². The molecule has 0 aliphatic carbocycles. The largest absolute Gasteiger partial charge is 0.322 e. The maximum Gasteiger partial charge on any atom is 0.288 e. The zero-order chi connectivity index (χ0) is 20.4. The Kier molecular flexibility index (Phi) is 5.49. The van der Waals surface area contributed by atoms with E-state index in [0.717, 1.165) is 10.5 Å². The van der Waals surface area contributed by atoms with Crippen molar-refractivity contribution in [3.05, 3.63) is 66.2 Å². The molecule has 2 amide bonds. The lowest BCUT2D eigenvalue weighted by Crippen LogP contribution is -3.19. The first kappa shape index (κ1) is 19.8. The molecule has 2 saturated heterocycles. The summed E-state index contributed by atoms with van der Waals surface area (Å²) in [5.41, 5.74) is 0.920. The van der Waals surface area contributed by atoms with Crippen LogP contribution in [0.3, 0.4) is 0 Å². The van der Waals surface area contributed by atoms with Crippen LogP contribution in [0.15, 0.2) is 65.6 Å². The second-order valence-electron chi connectivity index (χ2n) is 7.44. The van der Waals surface area contributed by atoms with E-state index in [1.54, 1.807) is 30.3 Å². The van der Waals surface area contributed by atoms with Crippen LogP contribution in [0.25, 0.3) is 0 Å². The van der Waals surface area contributed by atoms with Crippen molar-refractivity contribution in [3.8, 4) is 0 Å². The minimum absolute atomic E-state index is 0.157. The summed E-state index contributed by atoms with van der Waals surface area (Å²) in [6.07, 6.45) is 0.187. The van der Waals surface area contributed by atoms with Gasteiger partial charge in [-0.2, -0.15) is 4.31 Å². The quantitative estimate of drug-likeness (QED) is 0.694. The summed E-state index contributed by atoms with van der Waals surface area (Å²) in [5, 5.41) is 0. The molecule has 0 saturated carbocycles. The first-order valence-electron chi connectivity index (χ1n) is 9.75. The maximum absolute atomic E-state index is 12.9. The number of carbonyl (C=O) groups excluding carboxylic acids is 2. The monoisotopic (exact) mass is 414 g/mol. The SMILES string of the molecule is O=C1C[C@H]([NH+]2CCN(S(=O)(=O)c3ccccc3)CC2)C(=O)N1Cc1ccccc1. The number of benzene rings is 2. The molecule has 4 rings (SSSR count). The van der Waals surface area contributed by atoms with Gasteiger partial charge in [-0.1, -0.05) is 48.5 Å². The van der Waals surface area contributed by atoms with Crippen molar-refractivity contribution in [1.29, 1.82) is 0 Å². The number of sulfonamides is 1. The van der Waals surface area contributed by atoms with Crippen LogP contribution in [0.5, 0.6) is 0 Å². The Hall–Kier alpha value is -2.55. The van der Waals surface area contributed by atoms with E-state index >= 15 is 0 Å². The molecule has 152 valence electrons. The molecule has 2 aromatic rings. The molecule has 0 spiro atoms. The fourth-order valence-electron chi connectivity index (χ4n) is 4.04. The zero-order valence-electron chi connectivity index (χ0n) is 16.0. The van der Waals surface area contributed by atoms with Crippen molar-refractivity contribution >= 4 is 21.8 Å². The van der Waals surface area contributed by atoms with Gasteiger partial charge < -0.3 is 4.90 Å². The van der Waals surface area contributed by atoms with Crippen molar-refractivity contribution in [2.75, 3.05) is 26.2 Å². The molecule has 1 atom stereocenters. The number of hydrogen-bond donors (Lipinski definition) is 1. The van der Waals surface area contributed by atoms with Crippen LogP contribution in [-0.2, 0) is 26.2 Å². The highest BCUT2D eigenvalue weighted by Crippen LogP contribution is 2.17. The standard InChI is InChI=1S/C21H23N3O4S/c25-20-15-19(21(26)24(20)16-17-7-3-1-4-8-17)22-11-13-23(14-12-22)29(27,28)18-9-5-2-6-10-18/h1-10,19H,11-16H2/p+1/t19-/m0/s1. The third kappa shape index (κ3) is 3.96. The Morgan fingerprint density at radius 3 is 2.10 bits per heavy atom. The maximum atomic E-state index is 12.9. The average molecular weight is 415 g/mol. The third-order valence-corrected chi connectivity index (χ3v) is 7.58. The second-order valence-corrected chi connectivity index (χ2v) is 9.37. The van der Waals surface area contributed by atoms with E-state index in [1.165, 1.54) is 9.21 Å². The van der Waals surface area contributed by atoms with Crippen molar-refractivity contribution in [2.45, 2.75) is 23.9 Å². The predicted octanol–water partition coefficient (Wildman–Crippen LogP) is -0.0965. The van der Waals surface area contributed by atoms with Gasteiger partial charge in [0.05, 0.1) is 44.0 Å². The molecular formula is C21H24N3O4S+. The van der Waals surface area contributed by atoms with Gasteiger partial charge in [-0.15, -0.1) is 0 Å². The van der Waals surface area contributed by atoms with E-state index in [-0.39, 0.29) is 29.7 Å². The van der Waals surface area contributed by atoms with Crippen LogP contribution in [0.2, 0.25) is 0 Å². The summed E-state index contributed by atoms with van der Waals surface area (Å²) < 4.78 is 27.0. The summed E-state index contributed by atoms with van der Waals surface area (Å²) in [6, 6.07) is 17.4. The molecule has 0 aromatic heterocycles. The zero-order valence-corrected chi connectivity index (χ0v) is 16.8. The Morgan fingerprint density at radius 1 is 0.897 bits per heavy atom. The highest BCUT2D eigenvalue weighted by molar-refractivity contribution is 7.89. The second kappa shape index (κ2) is 8.06. The molecule has 2 fully saturated rings. The molecular weight excluding hydrogens is 390 g/mol. The number of rotatable bonds is 5. The first-order valence-corrected chi connectivity index (χ1v) is 11.2. The minimum Gasteiger partial charge on any atom is -0.322 e. The molecule has 0 unspecified atom stereocenters. The van der Waals surface area contributed by atoms with Crippen LogP contribution >= 0.6 is 0 Å². The number of hydrogen-bond acceptors (Lipinski definition) is 4. The van der Waals surface area contributed by atoms with Crippen LogP contribution < -0.4 is 4.90 Å². The van der Waals surface area contributed by atoms with Crippen molar-refractivity contribution in [1.82, 2.24) is 9.21 Å². The molecule has 2 heterocycles. The van der Waals surface area contributed by atoms with E-state index in [2.05, 4.69) is 0 Å². The molecule has 2 aliphatic rings. The Balaban J connectivity index is 1.40. The average Bonchev–Trinajstić information content (AvgIpc) is 3.03. The van der Waals surface area contributed by atoms with Gasteiger partial charge in [0.25, 0.3) is 5.91 Å². The fourth-order valence-corrected chi connectivity index (χ4v) is 5.50. The Bertz CT molecular complexity index is 987. The smallest absolute Gasteiger partial charge is 0.288 e. The number of quaternary nitrogens is 1. The Labute approximate surface area is 170 Å². The van der Waals surface area contributed by atoms with E-state index in [9.17, 15) is 18.0 Å². The normalized spacial score (nSPS) is 21.7. The van der Waals surface area contributed by atoms with Gasteiger partial charge in [-0.3, -0.25) is 14.5 Å². The van der Waals surface area contributed by atoms with Crippen molar-refractivity contribution in [2.24, 2.45) is 0 Å². The van der Waals surface area contributed by atoms with Crippen LogP contribution in [-0.4, -0.2) is 61.7 Å². The van der Waals surface area contributed by atoms with E-state index in [0.29, 0.717) is 26.2 Å². The number of imide groups is 1. The van der Waals surface area contributed by atoms with Crippen LogP contribution in [0, 0.1) is 0 Å². The molecule has 1 N–H and O–H groups in total. The van der Waals surface area contributed by atoms with Crippen LogP contribution in [0.1, 0.15) is 12.0 Å².